The highest BCUT2D eigenvalue weighted by Gasteiger charge is 2.38. The summed E-state index contributed by atoms with van der Waals surface area (Å²) in [5.41, 5.74) is -2.09. The molecular formula is C27H23F8N5OS. The van der Waals surface area contributed by atoms with Crippen molar-refractivity contribution in [1.29, 1.82) is 0 Å². The van der Waals surface area contributed by atoms with E-state index in [0.29, 0.717) is 45.7 Å². The second kappa shape index (κ2) is 11.7. The van der Waals surface area contributed by atoms with Crippen LogP contribution in [-0.2, 0) is 23.7 Å². The number of nitrogens with one attached hydrogen (secondary N) is 1. The highest BCUT2D eigenvalue weighted by Crippen LogP contribution is 2.38. The van der Waals surface area contributed by atoms with Gasteiger partial charge in [-0.1, -0.05) is 12.1 Å². The number of aliphatic imine (C=N–C) groups is 1. The fourth-order valence-electron chi connectivity index (χ4n) is 4.90. The minimum absolute atomic E-state index is 0.0991. The van der Waals surface area contributed by atoms with Gasteiger partial charge < -0.3 is 10.2 Å². The summed E-state index contributed by atoms with van der Waals surface area (Å²) in [7, 11) is 0. The monoisotopic (exact) mass is 617 g/mol. The van der Waals surface area contributed by atoms with Gasteiger partial charge >= 0.3 is 12.4 Å². The molecule has 42 heavy (non-hydrogen) atoms. The number of benzene rings is 2. The first-order valence-corrected chi connectivity index (χ1v) is 13.6. The predicted octanol–water partition coefficient (Wildman–Crippen LogP) is 6.41. The van der Waals surface area contributed by atoms with Crippen molar-refractivity contribution in [2.24, 2.45) is 4.99 Å². The number of alkyl halides is 8. The Hall–Kier alpha value is -3.46. The van der Waals surface area contributed by atoms with Gasteiger partial charge in [-0.05, 0) is 66.1 Å². The molecule has 0 unspecified atom stereocenters. The van der Waals surface area contributed by atoms with Crippen LogP contribution in [0.1, 0.15) is 35.1 Å². The van der Waals surface area contributed by atoms with Crippen molar-refractivity contribution < 1.29 is 39.9 Å². The van der Waals surface area contributed by atoms with E-state index in [9.17, 15) is 39.9 Å². The fraction of sp³-hybridized carbons (Fsp3) is 0.370. The molecule has 3 aromatic rings. The van der Waals surface area contributed by atoms with Gasteiger partial charge in [0.1, 0.15) is 0 Å². The van der Waals surface area contributed by atoms with E-state index < -0.39 is 48.9 Å². The van der Waals surface area contributed by atoms with Gasteiger partial charge in [0, 0.05) is 24.5 Å². The van der Waals surface area contributed by atoms with Gasteiger partial charge in [0.15, 0.2) is 5.17 Å². The second-order valence-corrected chi connectivity index (χ2v) is 10.9. The Morgan fingerprint density at radius 1 is 1.07 bits per heavy atom. The maximum Gasteiger partial charge on any atom is 0.416 e. The van der Waals surface area contributed by atoms with Crippen LogP contribution >= 0.6 is 11.8 Å². The van der Waals surface area contributed by atoms with Crippen LogP contribution in [0.4, 0.5) is 35.1 Å². The van der Waals surface area contributed by atoms with Crippen LogP contribution in [0.15, 0.2) is 52.5 Å². The molecule has 1 saturated heterocycles. The summed E-state index contributed by atoms with van der Waals surface area (Å²) in [5.74, 6) is -0.449. The largest absolute Gasteiger partial charge is 0.416 e. The molecule has 0 radical (unpaired) electrons. The van der Waals surface area contributed by atoms with Gasteiger partial charge in [-0.3, -0.25) is 9.48 Å². The van der Waals surface area contributed by atoms with E-state index in [1.54, 1.807) is 24.3 Å². The first kappa shape index (κ1) is 30.0. The van der Waals surface area contributed by atoms with Crippen LogP contribution in [0.3, 0.4) is 0 Å². The van der Waals surface area contributed by atoms with Gasteiger partial charge in [0.25, 0.3) is 12.3 Å². The molecule has 5 rings (SSSR count). The van der Waals surface area contributed by atoms with Gasteiger partial charge in [-0.2, -0.15) is 36.4 Å². The summed E-state index contributed by atoms with van der Waals surface area (Å²) in [6, 6.07) is 6.29. The summed E-state index contributed by atoms with van der Waals surface area (Å²) in [4.78, 5) is 19.0. The number of piperidine rings is 1. The van der Waals surface area contributed by atoms with E-state index >= 15 is 0 Å². The molecule has 2 aliphatic rings. The number of carbonyl (C=O) groups is 1. The summed E-state index contributed by atoms with van der Waals surface area (Å²) in [6.45, 7) is 0.263. The molecular weight excluding hydrogens is 594 g/mol. The molecule has 1 atom stereocenters. The maximum absolute atomic E-state index is 13.6. The summed E-state index contributed by atoms with van der Waals surface area (Å²) in [5, 5.41) is 7.99. The number of fused-ring (bicyclic) bond motifs is 1. The van der Waals surface area contributed by atoms with Crippen LogP contribution in [-0.4, -0.2) is 57.9 Å². The fourth-order valence-corrected chi connectivity index (χ4v) is 5.84. The molecule has 15 heteroatoms. The molecule has 1 N–H and O–H groups in total. The topological polar surface area (TPSA) is 62.5 Å². The van der Waals surface area contributed by atoms with E-state index in [0.717, 1.165) is 18.9 Å². The first-order valence-electron chi connectivity index (χ1n) is 12.8. The molecule has 2 aromatic carbocycles. The standard InChI is InChI=1S/C27H23F8N5OS/c28-23(29)12-36-19-2-1-7-39(14-19)25-38-24(41)22(42-25)9-15-3-6-21-17(8-15)11-37-40(21)13-16-4-5-18(26(30,31)32)10-20(16)27(33,34)35/h3-6,8-11,19,23,36H,1-2,7,12-14H2/t19-/m0/s1. The van der Waals surface area contributed by atoms with Crippen molar-refractivity contribution in [3.05, 3.63) is 69.8 Å². The number of rotatable bonds is 6. The lowest BCUT2D eigenvalue weighted by molar-refractivity contribution is -0.143. The van der Waals surface area contributed by atoms with Crippen molar-refractivity contribution >= 4 is 39.8 Å². The lowest BCUT2D eigenvalue weighted by Gasteiger charge is -2.33. The molecule has 2 aliphatic heterocycles. The van der Waals surface area contributed by atoms with Crippen molar-refractivity contribution in [2.75, 3.05) is 19.6 Å². The summed E-state index contributed by atoms with van der Waals surface area (Å²) in [6.07, 6.45) is -7.84. The number of nitrogens with zero attached hydrogens (tertiary/aromatic N) is 4. The highest BCUT2D eigenvalue weighted by molar-refractivity contribution is 8.18. The molecule has 1 aromatic heterocycles. The number of aromatic nitrogens is 2. The highest BCUT2D eigenvalue weighted by atomic mass is 32.2. The van der Waals surface area contributed by atoms with Gasteiger partial charge in [0.05, 0.1) is 40.8 Å². The lowest BCUT2D eigenvalue weighted by atomic mass is 10.0. The van der Waals surface area contributed by atoms with Gasteiger partial charge in [-0.15, -0.1) is 0 Å². The quantitative estimate of drug-likeness (QED) is 0.256. The van der Waals surface area contributed by atoms with Crippen molar-refractivity contribution in [3.63, 3.8) is 0 Å². The Balaban J connectivity index is 1.31. The molecule has 0 spiro atoms. The van der Waals surface area contributed by atoms with E-state index in [-0.39, 0.29) is 17.7 Å². The molecule has 0 saturated carbocycles. The molecule has 6 nitrogen and oxygen atoms in total. The minimum Gasteiger partial charge on any atom is -0.349 e. The van der Waals surface area contributed by atoms with Crippen LogP contribution in [0.2, 0.25) is 0 Å². The third kappa shape index (κ3) is 6.77. The molecule has 224 valence electrons. The lowest BCUT2D eigenvalue weighted by Crippen LogP contribution is -2.48. The normalized spacial score (nSPS) is 19.4. The average molecular weight is 618 g/mol. The smallest absolute Gasteiger partial charge is 0.349 e. The minimum atomic E-state index is -5.00. The van der Waals surface area contributed by atoms with Crippen LogP contribution < -0.4 is 5.32 Å². The number of hydrogen-bond donors (Lipinski definition) is 1. The Kier molecular flexibility index (Phi) is 8.34. The summed E-state index contributed by atoms with van der Waals surface area (Å²) >= 11 is 1.17. The number of amides is 1. The third-order valence-corrected chi connectivity index (χ3v) is 7.93. The molecule has 1 amide bonds. The number of likely N-dealkylation sites (tertiary alicyclic amines) is 1. The van der Waals surface area contributed by atoms with Crippen LogP contribution in [0.5, 0.6) is 0 Å². The van der Waals surface area contributed by atoms with Crippen LogP contribution in [0.25, 0.3) is 17.0 Å². The van der Waals surface area contributed by atoms with Crippen molar-refractivity contribution in [3.8, 4) is 0 Å². The van der Waals surface area contributed by atoms with E-state index in [1.807, 2.05) is 4.90 Å². The third-order valence-electron chi connectivity index (χ3n) is 6.89. The SMILES string of the molecule is O=C1N=C(N2CCC[C@H](NCC(F)F)C2)SC1=Cc1ccc2c(cnn2Cc2ccc(C(F)(F)F)cc2C(F)(F)F)c1. The Labute approximate surface area is 238 Å². The second-order valence-electron chi connectivity index (χ2n) is 9.88. The Bertz CT molecular complexity index is 1550. The average Bonchev–Trinajstić information content (AvgIpc) is 3.49. The molecule has 1 fully saturated rings. The van der Waals surface area contributed by atoms with E-state index in [2.05, 4.69) is 15.4 Å². The maximum atomic E-state index is 13.6. The predicted molar refractivity (Wildman–Crippen MR) is 142 cm³/mol. The molecule has 0 bridgehead atoms. The zero-order chi connectivity index (χ0) is 30.2. The van der Waals surface area contributed by atoms with Gasteiger partial charge in [-0.25, -0.2) is 8.78 Å². The number of amidine groups is 1. The van der Waals surface area contributed by atoms with Crippen molar-refractivity contribution in [1.82, 2.24) is 20.0 Å². The molecule has 0 aliphatic carbocycles. The molecule has 3 heterocycles. The summed E-state index contributed by atoms with van der Waals surface area (Å²) < 4.78 is 106. The number of carbonyl (C=O) groups excluding carboxylic acids is 1. The van der Waals surface area contributed by atoms with Crippen LogP contribution in [0, 0.1) is 0 Å². The van der Waals surface area contributed by atoms with Crippen molar-refractivity contribution in [2.45, 2.75) is 44.2 Å². The number of hydrogen-bond acceptors (Lipinski definition) is 5. The Morgan fingerprint density at radius 2 is 1.86 bits per heavy atom. The van der Waals surface area contributed by atoms with Gasteiger partial charge in [0.2, 0.25) is 0 Å². The van der Waals surface area contributed by atoms with E-state index in [4.69, 9.17) is 0 Å². The Morgan fingerprint density at radius 3 is 2.57 bits per heavy atom. The first-order chi connectivity index (χ1) is 19.8. The zero-order valence-electron chi connectivity index (χ0n) is 21.6. The number of halogens is 8. The number of thioether (sulfide) groups is 1. The van der Waals surface area contributed by atoms with E-state index in [1.165, 1.54) is 22.6 Å². The zero-order valence-corrected chi connectivity index (χ0v) is 22.5.